The zero-order valence-corrected chi connectivity index (χ0v) is 16.4. The first kappa shape index (κ1) is 18.1. The molecule has 0 saturated heterocycles. The molecule has 23 heavy (non-hydrogen) atoms. The van der Waals surface area contributed by atoms with Gasteiger partial charge in [0.15, 0.2) is 0 Å². The van der Waals surface area contributed by atoms with Gasteiger partial charge >= 0.3 is 6.09 Å². The van der Waals surface area contributed by atoms with Gasteiger partial charge in [-0.1, -0.05) is 29.8 Å². The Morgan fingerprint density at radius 2 is 2.00 bits per heavy atom. The maximum absolute atomic E-state index is 12.9. The highest BCUT2D eigenvalue weighted by molar-refractivity contribution is 9.10. The fourth-order valence-corrected chi connectivity index (χ4v) is 3.50. The molecule has 1 aromatic rings. The van der Waals surface area contributed by atoms with E-state index in [2.05, 4.69) is 35.8 Å². The molecule has 1 aliphatic rings. The Morgan fingerprint density at radius 1 is 1.35 bits per heavy atom. The normalized spacial score (nSPS) is 17.9. The molecule has 1 atom stereocenters. The molecule has 0 radical (unpaired) electrons. The summed E-state index contributed by atoms with van der Waals surface area (Å²) in [4.78, 5) is 14.7. The fraction of sp³-hybridized carbons (Fsp3) is 0.611. The molecule has 1 unspecified atom stereocenters. The molecule has 1 amide bonds. The molecule has 128 valence electrons. The van der Waals surface area contributed by atoms with Gasteiger partial charge in [0, 0.05) is 10.5 Å². The van der Waals surface area contributed by atoms with Crippen molar-refractivity contribution in [2.24, 2.45) is 5.92 Å². The van der Waals surface area contributed by atoms with Crippen LogP contribution in [0, 0.1) is 5.92 Å². The van der Waals surface area contributed by atoms with Gasteiger partial charge in [-0.15, -0.1) is 0 Å². The number of anilines is 1. The molecule has 0 N–H and O–H groups in total. The topological polar surface area (TPSA) is 38.8 Å². The molecule has 5 heteroatoms. The van der Waals surface area contributed by atoms with Gasteiger partial charge in [0.05, 0.1) is 12.8 Å². The summed E-state index contributed by atoms with van der Waals surface area (Å²) in [6.07, 6.45) is 1.54. The minimum atomic E-state index is -0.529. The van der Waals surface area contributed by atoms with Crippen molar-refractivity contribution in [2.45, 2.75) is 59.1 Å². The second-order valence-corrected chi connectivity index (χ2v) is 8.23. The molecule has 0 aromatic heterocycles. The summed E-state index contributed by atoms with van der Waals surface area (Å²) in [7, 11) is 1.63. The van der Waals surface area contributed by atoms with Crippen LogP contribution >= 0.6 is 15.9 Å². The minimum Gasteiger partial charge on any atom is -0.495 e. The van der Waals surface area contributed by atoms with Crippen LogP contribution in [0.3, 0.4) is 0 Å². The average molecular weight is 384 g/mol. The molecular weight excluding hydrogens is 358 g/mol. The van der Waals surface area contributed by atoms with Crippen LogP contribution in [-0.2, 0) is 11.2 Å². The lowest BCUT2D eigenvalue weighted by atomic mass is 9.89. The first-order chi connectivity index (χ1) is 10.6. The van der Waals surface area contributed by atoms with Gasteiger partial charge < -0.3 is 9.47 Å². The van der Waals surface area contributed by atoms with Crippen molar-refractivity contribution >= 4 is 27.7 Å². The number of carbonyl (C=O) groups excluding carboxylic acids is 1. The van der Waals surface area contributed by atoms with E-state index in [1.54, 1.807) is 12.0 Å². The van der Waals surface area contributed by atoms with Gasteiger partial charge in [-0.25, -0.2) is 4.79 Å². The largest absolute Gasteiger partial charge is 0.495 e. The maximum atomic E-state index is 12.9. The minimum absolute atomic E-state index is 0.104. The van der Waals surface area contributed by atoms with E-state index in [0.717, 1.165) is 28.6 Å². The van der Waals surface area contributed by atoms with Gasteiger partial charge in [-0.05, 0) is 57.2 Å². The monoisotopic (exact) mass is 383 g/mol. The second-order valence-electron chi connectivity index (χ2n) is 7.32. The standard InChI is InChI=1S/C18H26BrNO3/c1-11(2)14-8-7-12-9-13(19)10-15(22-6)16(12)20(14)17(21)23-18(3,4)5/h9-11,14H,7-8H2,1-6H3. The number of aryl methyl sites for hydroxylation is 1. The van der Waals surface area contributed by atoms with Gasteiger partial charge in [0.2, 0.25) is 0 Å². The Bertz CT molecular complexity index is 575. The third-order valence-electron chi connectivity index (χ3n) is 3.98. The zero-order valence-electron chi connectivity index (χ0n) is 14.8. The number of carbonyl (C=O) groups is 1. The summed E-state index contributed by atoms with van der Waals surface area (Å²) in [5.74, 6) is 1.04. The molecule has 1 aliphatic heterocycles. The summed E-state index contributed by atoms with van der Waals surface area (Å²) >= 11 is 3.52. The highest BCUT2D eigenvalue weighted by Crippen LogP contribution is 2.43. The molecule has 0 spiro atoms. The zero-order chi connectivity index (χ0) is 17.4. The highest BCUT2D eigenvalue weighted by Gasteiger charge is 2.37. The van der Waals surface area contributed by atoms with Crippen LogP contribution < -0.4 is 9.64 Å². The number of benzene rings is 1. The van der Waals surface area contributed by atoms with Gasteiger partial charge in [-0.2, -0.15) is 0 Å². The van der Waals surface area contributed by atoms with Crippen molar-refractivity contribution in [3.8, 4) is 5.75 Å². The molecule has 4 nitrogen and oxygen atoms in total. The molecule has 1 heterocycles. The Balaban J connectivity index is 2.53. The number of ether oxygens (including phenoxy) is 2. The number of amides is 1. The van der Waals surface area contributed by atoms with Crippen LogP contribution in [0.2, 0.25) is 0 Å². The lowest BCUT2D eigenvalue weighted by Gasteiger charge is -2.40. The van der Waals surface area contributed by atoms with Crippen LogP contribution in [0.15, 0.2) is 16.6 Å². The number of halogens is 1. The summed E-state index contributed by atoms with van der Waals surface area (Å²) in [6.45, 7) is 9.94. The molecule has 2 rings (SSSR count). The summed E-state index contributed by atoms with van der Waals surface area (Å²) in [5.41, 5.74) is 1.42. The molecule has 0 aliphatic carbocycles. The average Bonchev–Trinajstić information content (AvgIpc) is 2.42. The number of hydrogen-bond donors (Lipinski definition) is 0. The number of rotatable bonds is 2. The van der Waals surface area contributed by atoms with Crippen molar-refractivity contribution in [2.75, 3.05) is 12.0 Å². The van der Waals surface area contributed by atoms with Gasteiger partial charge in [0.25, 0.3) is 0 Å². The van der Waals surface area contributed by atoms with Crippen molar-refractivity contribution in [3.05, 3.63) is 22.2 Å². The van der Waals surface area contributed by atoms with Gasteiger partial charge in [-0.3, -0.25) is 4.90 Å². The highest BCUT2D eigenvalue weighted by atomic mass is 79.9. The van der Waals surface area contributed by atoms with Crippen LogP contribution in [0.25, 0.3) is 0 Å². The molecule has 0 fully saturated rings. The van der Waals surface area contributed by atoms with Crippen LogP contribution in [-0.4, -0.2) is 24.8 Å². The first-order valence-electron chi connectivity index (χ1n) is 8.02. The Morgan fingerprint density at radius 3 is 2.52 bits per heavy atom. The molecule has 1 aromatic carbocycles. The quantitative estimate of drug-likeness (QED) is 0.706. The summed E-state index contributed by atoms with van der Waals surface area (Å²) in [6, 6.07) is 4.07. The summed E-state index contributed by atoms with van der Waals surface area (Å²) in [5, 5.41) is 0. The van der Waals surface area contributed by atoms with Crippen LogP contribution in [0.4, 0.5) is 10.5 Å². The van der Waals surface area contributed by atoms with E-state index in [-0.39, 0.29) is 12.1 Å². The molecular formula is C18H26BrNO3. The Labute approximate surface area is 147 Å². The van der Waals surface area contributed by atoms with E-state index in [0.29, 0.717) is 11.7 Å². The van der Waals surface area contributed by atoms with Crippen molar-refractivity contribution in [1.82, 2.24) is 0 Å². The molecule has 0 bridgehead atoms. The van der Waals surface area contributed by atoms with Crippen molar-refractivity contribution in [1.29, 1.82) is 0 Å². The lowest BCUT2D eigenvalue weighted by Crippen LogP contribution is -2.48. The van der Waals surface area contributed by atoms with E-state index in [1.165, 1.54) is 0 Å². The van der Waals surface area contributed by atoms with E-state index in [4.69, 9.17) is 9.47 Å². The Hall–Kier alpha value is -1.23. The van der Waals surface area contributed by atoms with Crippen LogP contribution in [0.1, 0.15) is 46.6 Å². The summed E-state index contributed by atoms with van der Waals surface area (Å²) < 4.78 is 12.2. The third kappa shape index (κ3) is 4.00. The fourth-order valence-electron chi connectivity index (χ4n) is 3.02. The maximum Gasteiger partial charge on any atom is 0.415 e. The second kappa shape index (κ2) is 6.71. The number of hydrogen-bond acceptors (Lipinski definition) is 3. The predicted octanol–water partition coefficient (Wildman–Crippen LogP) is 5.17. The van der Waals surface area contributed by atoms with E-state index in [9.17, 15) is 4.79 Å². The van der Waals surface area contributed by atoms with E-state index >= 15 is 0 Å². The number of methoxy groups -OCH3 is 1. The van der Waals surface area contributed by atoms with Gasteiger partial charge in [0.1, 0.15) is 11.4 Å². The molecule has 0 saturated carbocycles. The smallest absolute Gasteiger partial charge is 0.415 e. The lowest BCUT2D eigenvalue weighted by molar-refractivity contribution is 0.0549. The van der Waals surface area contributed by atoms with E-state index < -0.39 is 5.60 Å². The number of nitrogens with zero attached hydrogens (tertiary/aromatic N) is 1. The SMILES string of the molecule is COc1cc(Br)cc2c1N(C(=O)OC(C)(C)C)C(C(C)C)CC2. The third-order valence-corrected chi connectivity index (χ3v) is 4.44. The van der Waals surface area contributed by atoms with Crippen LogP contribution in [0.5, 0.6) is 5.75 Å². The van der Waals surface area contributed by atoms with E-state index in [1.807, 2.05) is 26.8 Å². The first-order valence-corrected chi connectivity index (χ1v) is 8.82. The number of fused-ring (bicyclic) bond motifs is 1. The van der Waals surface area contributed by atoms with Crippen molar-refractivity contribution in [3.63, 3.8) is 0 Å². The Kier molecular flexibility index (Phi) is 5.29. The predicted molar refractivity (Wildman–Crippen MR) is 96.4 cm³/mol. The van der Waals surface area contributed by atoms with Crippen molar-refractivity contribution < 1.29 is 14.3 Å².